The quantitative estimate of drug-likeness (QED) is 0.560. The van der Waals surface area contributed by atoms with E-state index in [0.29, 0.717) is 13.0 Å². The molecule has 15 heavy (non-hydrogen) atoms. The Morgan fingerprint density at radius 3 is 3.07 bits per heavy atom. The number of epoxide rings is 1. The van der Waals surface area contributed by atoms with E-state index in [1.807, 2.05) is 24.3 Å². The lowest BCUT2D eigenvalue weighted by atomic mass is 10.1. The summed E-state index contributed by atoms with van der Waals surface area (Å²) in [6, 6.07) is 7.98. The highest BCUT2D eigenvalue weighted by Crippen LogP contribution is 2.29. The van der Waals surface area contributed by atoms with Gasteiger partial charge in [0.15, 0.2) is 0 Å². The van der Waals surface area contributed by atoms with Crippen molar-refractivity contribution >= 4 is 5.97 Å². The molecule has 1 aromatic rings. The smallest absolute Gasteiger partial charge is 0.305 e. The molecule has 1 aromatic carbocycles. The lowest BCUT2D eigenvalue weighted by molar-refractivity contribution is -0.144. The first-order valence-electron chi connectivity index (χ1n) is 5.15. The minimum Gasteiger partial charge on any atom is -0.461 e. The largest absolute Gasteiger partial charge is 0.461 e. The number of carbonyl (C=O) groups excluding carboxylic acids is 1. The first kappa shape index (κ1) is 10.2. The minimum absolute atomic E-state index is 0.164. The third kappa shape index (κ3) is 2.80. The van der Waals surface area contributed by atoms with Gasteiger partial charge in [0, 0.05) is 6.42 Å². The predicted molar refractivity (Wildman–Crippen MR) is 55.2 cm³/mol. The number of carbonyl (C=O) groups is 1. The first-order valence-corrected chi connectivity index (χ1v) is 5.15. The average molecular weight is 206 g/mol. The van der Waals surface area contributed by atoms with E-state index in [9.17, 15) is 4.79 Å². The average Bonchev–Trinajstić information content (AvgIpc) is 3.10. The van der Waals surface area contributed by atoms with E-state index in [1.165, 1.54) is 5.56 Å². The predicted octanol–water partition coefficient (Wildman–Crippen LogP) is 2.21. The molecular weight excluding hydrogens is 192 g/mol. The van der Waals surface area contributed by atoms with E-state index in [1.54, 1.807) is 6.92 Å². The summed E-state index contributed by atoms with van der Waals surface area (Å²) in [5, 5.41) is 0. The Bertz CT molecular complexity index is 356. The molecule has 0 N–H and O–H groups in total. The van der Waals surface area contributed by atoms with Gasteiger partial charge in [-0.2, -0.15) is 0 Å². The van der Waals surface area contributed by atoms with Crippen molar-refractivity contribution in [3.63, 3.8) is 0 Å². The molecule has 1 atom stereocenters. The highest BCUT2D eigenvalue weighted by atomic mass is 16.6. The molecule has 80 valence electrons. The molecule has 3 nitrogen and oxygen atoms in total. The molecule has 0 saturated carbocycles. The van der Waals surface area contributed by atoms with Gasteiger partial charge in [-0.15, -0.1) is 0 Å². The molecule has 1 fully saturated rings. The Labute approximate surface area is 89.0 Å². The van der Waals surface area contributed by atoms with Crippen molar-refractivity contribution in [3.05, 3.63) is 35.4 Å². The number of ether oxygens (including phenoxy) is 2. The van der Waals surface area contributed by atoms with Crippen LogP contribution in [-0.4, -0.2) is 12.6 Å². The molecule has 1 aliphatic heterocycles. The molecule has 0 amide bonds. The summed E-state index contributed by atoms with van der Waals surface area (Å²) in [6.45, 7) is 2.95. The van der Waals surface area contributed by atoms with Crippen molar-refractivity contribution in [1.82, 2.24) is 0 Å². The number of esters is 1. The number of benzene rings is 1. The molecule has 0 aromatic heterocycles. The van der Waals surface area contributed by atoms with Crippen molar-refractivity contribution < 1.29 is 14.3 Å². The van der Waals surface area contributed by atoms with Crippen molar-refractivity contribution in [1.29, 1.82) is 0 Å². The van der Waals surface area contributed by atoms with Crippen LogP contribution in [-0.2, 0) is 20.9 Å². The van der Waals surface area contributed by atoms with Gasteiger partial charge in [-0.25, -0.2) is 0 Å². The van der Waals surface area contributed by atoms with Gasteiger partial charge in [-0.3, -0.25) is 4.79 Å². The zero-order valence-corrected chi connectivity index (χ0v) is 8.73. The lowest BCUT2D eigenvalue weighted by Crippen LogP contribution is -2.02. The van der Waals surface area contributed by atoms with Crippen molar-refractivity contribution in [2.24, 2.45) is 0 Å². The van der Waals surface area contributed by atoms with Crippen LogP contribution in [0.25, 0.3) is 0 Å². The van der Waals surface area contributed by atoms with E-state index in [2.05, 4.69) is 0 Å². The monoisotopic (exact) mass is 206 g/mol. The van der Waals surface area contributed by atoms with Gasteiger partial charge in [-0.1, -0.05) is 25.1 Å². The van der Waals surface area contributed by atoms with Crippen LogP contribution in [0, 0.1) is 0 Å². The van der Waals surface area contributed by atoms with Gasteiger partial charge < -0.3 is 9.47 Å². The fourth-order valence-electron chi connectivity index (χ4n) is 1.39. The van der Waals surface area contributed by atoms with Gasteiger partial charge in [0.1, 0.15) is 12.7 Å². The van der Waals surface area contributed by atoms with Gasteiger partial charge in [0.2, 0.25) is 0 Å². The maximum Gasteiger partial charge on any atom is 0.305 e. The summed E-state index contributed by atoms with van der Waals surface area (Å²) in [6.07, 6.45) is 0.678. The van der Waals surface area contributed by atoms with Crippen LogP contribution in [0.4, 0.5) is 0 Å². The molecule has 2 rings (SSSR count). The maximum absolute atomic E-state index is 11.0. The van der Waals surface area contributed by atoms with Gasteiger partial charge in [0.25, 0.3) is 0 Å². The minimum atomic E-state index is -0.164. The second kappa shape index (κ2) is 4.45. The molecule has 1 saturated heterocycles. The Kier molecular flexibility index (Phi) is 3.02. The van der Waals surface area contributed by atoms with Crippen LogP contribution in [0.3, 0.4) is 0 Å². The highest BCUT2D eigenvalue weighted by Gasteiger charge is 2.24. The van der Waals surface area contributed by atoms with Crippen LogP contribution >= 0.6 is 0 Å². The Morgan fingerprint density at radius 2 is 2.40 bits per heavy atom. The number of hydrogen-bond acceptors (Lipinski definition) is 3. The molecule has 1 heterocycles. The molecule has 0 spiro atoms. The van der Waals surface area contributed by atoms with Gasteiger partial charge in [0.05, 0.1) is 6.61 Å². The fraction of sp³-hybridized carbons (Fsp3) is 0.417. The SMILES string of the molecule is CCC(=O)OCc1cccc(C2CO2)c1. The number of hydrogen-bond donors (Lipinski definition) is 0. The van der Waals surface area contributed by atoms with Crippen molar-refractivity contribution in [3.8, 4) is 0 Å². The Morgan fingerprint density at radius 1 is 1.60 bits per heavy atom. The number of rotatable bonds is 4. The second-order valence-corrected chi connectivity index (χ2v) is 3.58. The molecule has 1 unspecified atom stereocenters. The molecule has 1 aliphatic rings. The zero-order chi connectivity index (χ0) is 10.7. The highest BCUT2D eigenvalue weighted by molar-refractivity contribution is 5.68. The maximum atomic E-state index is 11.0. The lowest BCUT2D eigenvalue weighted by Gasteiger charge is -2.04. The summed E-state index contributed by atoms with van der Waals surface area (Å²) < 4.78 is 10.2. The van der Waals surface area contributed by atoms with Gasteiger partial charge in [-0.05, 0) is 17.2 Å². The van der Waals surface area contributed by atoms with Crippen LogP contribution in [0.5, 0.6) is 0 Å². The van der Waals surface area contributed by atoms with Crippen LogP contribution < -0.4 is 0 Å². The summed E-state index contributed by atoms with van der Waals surface area (Å²) in [5.41, 5.74) is 2.19. The third-order valence-electron chi connectivity index (χ3n) is 2.34. The topological polar surface area (TPSA) is 38.8 Å². The van der Waals surface area contributed by atoms with Crippen molar-refractivity contribution in [2.75, 3.05) is 6.61 Å². The first-order chi connectivity index (χ1) is 7.29. The van der Waals surface area contributed by atoms with Gasteiger partial charge >= 0.3 is 5.97 Å². The molecule has 0 bridgehead atoms. The van der Waals surface area contributed by atoms with E-state index < -0.39 is 0 Å². The standard InChI is InChI=1S/C12H14O3/c1-2-12(13)15-7-9-4-3-5-10(6-9)11-8-14-11/h3-6,11H,2,7-8H2,1H3. The summed E-state index contributed by atoms with van der Waals surface area (Å²) >= 11 is 0. The Hall–Kier alpha value is -1.35. The van der Waals surface area contributed by atoms with Crippen LogP contribution in [0.1, 0.15) is 30.6 Å². The van der Waals surface area contributed by atoms with Crippen molar-refractivity contribution in [2.45, 2.75) is 26.1 Å². The Balaban J connectivity index is 1.95. The van der Waals surface area contributed by atoms with E-state index >= 15 is 0 Å². The van der Waals surface area contributed by atoms with E-state index in [-0.39, 0.29) is 12.1 Å². The molecule has 0 radical (unpaired) electrons. The third-order valence-corrected chi connectivity index (χ3v) is 2.34. The van der Waals surface area contributed by atoms with E-state index in [4.69, 9.17) is 9.47 Å². The summed E-state index contributed by atoms with van der Waals surface area (Å²) in [7, 11) is 0. The fourth-order valence-corrected chi connectivity index (χ4v) is 1.39. The summed E-state index contributed by atoms with van der Waals surface area (Å²) in [5.74, 6) is -0.164. The summed E-state index contributed by atoms with van der Waals surface area (Å²) in [4.78, 5) is 11.0. The van der Waals surface area contributed by atoms with E-state index in [0.717, 1.165) is 12.2 Å². The second-order valence-electron chi connectivity index (χ2n) is 3.58. The normalized spacial score (nSPS) is 18.6. The van der Waals surface area contributed by atoms with Crippen LogP contribution in [0.15, 0.2) is 24.3 Å². The van der Waals surface area contributed by atoms with Crippen LogP contribution in [0.2, 0.25) is 0 Å². The molecule has 3 heteroatoms. The molecule has 0 aliphatic carbocycles. The zero-order valence-electron chi connectivity index (χ0n) is 8.73. The molecular formula is C12H14O3.